The molecule has 3 aliphatic carbocycles. The van der Waals surface area contributed by atoms with E-state index in [1.54, 1.807) is 6.07 Å². The number of nitrogens with two attached hydrogens (primary N) is 1. The van der Waals surface area contributed by atoms with Crippen LogP contribution in [0.1, 0.15) is 47.8 Å². The number of hydrogen-bond acceptors (Lipinski definition) is 5. The number of nitrogen functional groups attached to an aromatic ring is 1. The van der Waals surface area contributed by atoms with Gasteiger partial charge in [-0.25, -0.2) is 0 Å². The number of aromatic hydroxyl groups is 1. The molecule has 6 heteroatoms. The topological polar surface area (TPSA) is 94.7 Å². The van der Waals surface area contributed by atoms with E-state index in [0.29, 0.717) is 12.2 Å². The lowest BCUT2D eigenvalue weighted by Crippen LogP contribution is -2.74. The SMILES string of the molecule is Nc1cccc2[nH]c3c(c12)C[C@@]1(O)[C@@H]2Cc4ccc(O)c5c4[C@@]1(CCN2CC1CC1)[C@H]3O5. The normalized spacial score (nSPS) is 34.3. The summed E-state index contributed by atoms with van der Waals surface area (Å²) in [6.45, 7) is 2.02. The summed E-state index contributed by atoms with van der Waals surface area (Å²) < 4.78 is 6.60. The summed E-state index contributed by atoms with van der Waals surface area (Å²) in [4.78, 5) is 6.16. The Morgan fingerprint density at radius 2 is 2.09 bits per heavy atom. The van der Waals surface area contributed by atoms with Gasteiger partial charge in [-0.2, -0.15) is 0 Å². The lowest BCUT2D eigenvalue weighted by molar-refractivity contribution is -0.173. The molecule has 1 spiro atoms. The maximum Gasteiger partial charge on any atom is 0.166 e. The van der Waals surface area contributed by atoms with Crippen molar-refractivity contribution in [1.82, 2.24) is 9.88 Å². The van der Waals surface area contributed by atoms with E-state index in [-0.39, 0.29) is 17.9 Å². The summed E-state index contributed by atoms with van der Waals surface area (Å²) >= 11 is 0. The third kappa shape index (κ3) is 1.84. The molecule has 5 N–H and O–H groups in total. The van der Waals surface area contributed by atoms with Crippen molar-refractivity contribution in [3.05, 3.63) is 52.7 Å². The van der Waals surface area contributed by atoms with Crippen LogP contribution in [0, 0.1) is 5.92 Å². The van der Waals surface area contributed by atoms with Gasteiger partial charge in [-0.05, 0) is 67.5 Å². The van der Waals surface area contributed by atoms with Crippen LogP contribution in [0.4, 0.5) is 5.69 Å². The maximum atomic E-state index is 12.8. The van der Waals surface area contributed by atoms with Crippen LogP contribution in [0.25, 0.3) is 10.9 Å². The van der Waals surface area contributed by atoms with Gasteiger partial charge in [0.25, 0.3) is 0 Å². The number of benzene rings is 2. The maximum absolute atomic E-state index is 12.8. The van der Waals surface area contributed by atoms with Crippen molar-refractivity contribution in [3.63, 3.8) is 0 Å². The van der Waals surface area contributed by atoms with Crippen LogP contribution in [0.3, 0.4) is 0 Å². The number of phenols is 1. The number of aliphatic hydroxyl groups is 1. The predicted octanol–water partition coefficient (Wildman–Crippen LogP) is 3.15. The van der Waals surface area contributed by atoms with E-state index in [0.717, 1.165) is 65.3 Å². The Morgan fingerprint density at radius 3 is 2.94 bits per heavy atom. The Morgan fingerprint density at radius 1 is 1.22 bits per heavy atom. The lowest BCUT2D eigenvalue weighted by Gasteiger charge is -2.62. The standard InChI is InChI=1S/C26H27N3O3/c27-16-2-1-3-17-20(16)15-11-26(31)19-10-14-6-7-18(30)23-21(14)25(26,24(32-23)22(15)28-17)8-9-29(19)12-13-4-5-13/h1-3,6-7,13,19,24,28,30-31H,4-5,8-12,27H2/t19-,24-,25-,26+/m0/s1. The van der Waals surface area contributed by atoms with Gasteiger partial charge in [-0.1, -0.05) is 12.1 Å². The molecule has 2 aromatic carbocycles. The van der Waals surface area contributed by atoms with Gasteiger partial charge in [-0.15, -0.1) is 0 Å². The van der Waals surface area contributed by atoms with Gasteiger partial charge in [0.05, 0.1) is 16.7 Å². The van der Waals surface area contributed by atoms with E-state index >= 15 is 0 Å². The first-order chi connectivity index (χ1) is 15.5. The summed E-state index contributed by atoms with van der Waals surface area (Å²) in [5.41, 5.74) is 11.0. The van der Waals surface area contributed by atoms with Gasteiger partial charge in [0, 0.05) is 41.2 Å². The number of hydrogen-bond donors (Lipinski definition) is 4. The molecule has 2 fully saturated rings. The first-order valence-corrected chi connectivity index (χ1v) is 11.9. The minimum absolute atomic E-state index is 0.0361. The predicted molar refractivity (Wildman–Crippen MR) is 121 cm³/mol. The van der Waals surface area contributed by atoms with Gasteiger partial charge >= 0.3 is 0 Å². The number of nitrogens with one attached hydrogen (secondary N) is 1. The van der Waals surface area contributed by atoms with Crippen molar-refractivity contribution in [2.75, 3.05) is 18.8 Å². The van der Waals surface area contributed by atoms with Crippen molar-refractivity contribution >= 4 is 16.6 Å². The molecule has 1 saturated carbocycles. The number of phenolic OH excluding ortho intramolecular Hbond substituents is 1. The van der Waals surface area contributed by atoms with Crippen molar-refractivity contribution in [2.45, 2.75) is 55.3 Å². The summed E-state index contributed by atoms with van der Waals surface area (Å²) in [5.74, 6) is 1.51. The van der Waals surface area contributed by atoms with Crippen molar-refractivity contribution in [2.24, 2.45) is 5.92 Å². The molecule has 164 valence electrons. The smallest absolute Gasteiger partial charge is 0.166 e. The molecule has 5 aliphatic rings. The average molecular weight is 430 g/mol. The fourth-order valence-electron chi connectivity index (χ4n) is 7.71. The highest BCUT2D eigenvalue weighted by atomic mass is 16.5. The van der Waals surface area contributed by atoms with Gasteiger partial charge in [-0.3, -0.25) is 4.90 Å². The molecule has 0 amide bonds. The highest BCUT2D eigenvalue weighted by molar-refractivity contribution is 5.95. The molecule has 32 heavy (non-hydrogen) atoms. The van der Waals surface area contributed by atoms with E-state index in [2.05, 4.69) is 9.88 Å². The monoisotopic (exact) mass is 429 g/mol. The summed E-state index contributed by atoms with van der Waals surface area (Å²) in [6.07, 6.45) is 4.42. The first-order valence-electron chi connectivity index (χ1n) is 11.9. The molecule has 4 atom stereocenters. The Hall–Kier alpha value is -2.70. The number of H-pyrrole nitrogens is 1. The Bertz CT molecular complexity index is 1330. The van der Waals surface area contributed by atoms with E-state index in [4.69, 9.17) is 10.5 Å². The second kappa shape index (κ2) is 5.43. The largest absolute Gasteiger partial charge is 0.504 e. The third-order valence-corrected chi connectivity index (χ3v) is 9.21. The number of rotatable bonds is 2. The third-order valence-electron chi connectivity index (χ3n) is 9.21. The number of ether oxygens (including phenoxy) is 1. The number of piperidine rings is 1. The molecule has 6 nitrogen and oxygen atoms in total. The van der Waals surface area contributed by atoms with E-state index < -0.39 is 11.0 Å². The minimum Gasteiger partial charge on any atom is -0.504 e. The van der Waals surface area contributed by atoms with Gasteiger partial charge < -0.3 is 25.7 Å². The number of fused-ring (bicyclic) bond motifs is 4. The van der Waals surface area contributed by atoms with Crippen LogP contribution in [-0.4, -0.2) is 44.8 Å². The second-order valence-electron chi connectivity index (χ2n) is 10.7. The molecule has 1 aromatic heterocycles. The van der Waals surface area contributed by atoms with Crippen LogP contribution in [0.2, 0.25) is 0 Å². The fourth-order valence-corrected chi connectivity index (χ4v) is 7.71. The molecule has 3 heterocycles. The summed E-state index contributed by atoms with van der Waals surface area (Å²) in [5, 5.41) is 24.5. The van der Waals surface area contributed by atoms with Crippen LogP contribution in [-0.2, 0) is 18.3 Å². The van der Waals surface area contributed by atoms with Crippen molar-refractivity contribution < 1.29 is 14.9 Å². The number of nitrogens with zero attached hydrogens (tertiary/aromatic N) is 1. The minimum atomic E-state index is -0.971. The average Bonchev–Trinajstić information content (AvgIpc) is 3.39. The van der Waals surface area contributed by atoms with Crippen molar-refractivity contribution in [1.29, 1.82) is 0 Å². The zero-order valence-electron chi connectivity index (χ0n) is 17.9. The Balaban J connectivity index is 1.43. The molecule has 2 aliphatic heterocycles. The molecule has 0 unspecified atom stereocenters. The zero-order valence-corrected chi connectivity index (χ0v) is 17.9. The van der Waals surface area contributed by atoms with Gasteiger partial charge in [0.1, 0.15) is 0 Å². The highest BCUT2D eigenvalue weighted by Crippen LogP contribution is 2.69. The van der Waals surface area contributed by atoms with Crippen molar-refractivity contribution in [3.8, 4) is 11.5 Å². The molecule has 2 bridgehead atoms. The zero-order chi connectivity index (χ0) is 21.4. The molecule has 0 radical (unpaired) electrons. The fraction of sp³-hybridized carbons (Fsp3) is 0.462. The van der Waals surface area contributed by atoms with E-state index in [1.807, 2.05) is 24.3 Å². The van der Waals surface area contributed by atoms with E-state index in [9.17, 15) is 10.2 Å². The van der Waals surface area contributed by atoms with Gasteiger partial charge in [0.15, 0.2) is 17.6 Å². The van der Waals surface area contributed by atoms with E-state index in [1.165, 1.54) is 18.4 Å². The summed E-state index contributed by atoms with van der Waals surface area (Å²) in [7, 11) is 0. The first kappa shape index (κ1) is 17.8. The number of aromatic nitrogens is 1. The summed E-state index contributed by atoms with van der Waals surface area (Å²) in [6, 6.07) is 9.79. The quantitative estimate of drug-likeness (QED) is 0.470. The molecule has 1 saturated heterocycles. The second-order valence-corrected chi connectivity index (χ2v) is 10.7. The van der Waals surface area contributed by atoms with Crippen LogP contribution in [0.5, 0.6) is 11.5 Å². The Labute approximate surface area is 186 Å². The van der Waals surface area contributed by atoms with Crippen LogP contribution < -0.4 is 10.5 Å². The lowest BCUT2D eigenvalue weighted by atomic mass is 9.49. The molecular weight excluding hydrogens is 402 g/mol. The Kier molecular flexibility index (Phi) is 3.02. The van der Waals surface area contributed by atoms with Gasteiger partial charge in [0.2, 0.25) is 0 Å². The number of anilines is 1. The molecule has 8 rings (SSSR count). The van der Waals surface area contributed by atoms with Crippen LogP contribution in [0.15, 0.2) is 30.3 Å². The number of likely N-dealkylation sites (tertiary alicyclic amines) is 1. The molecule has 3 aromatic rings. The van der Waals surface area contributed by atoms with Crippen LogP contribution >= 0.6 is 0 Å². The molecular formula is C26H27N3O3. The number of aromatic amines is 1. The highest BCUT2D eigenvalue weighted by Gasteiger charge is 2.72.